The summed E-state index contributed by atoms with van der Waals surface area (Å²) >= 11 is 0. The molecule has 3 unspecified atom stereocenters. The standard InChI is InChI=1S/C17H20N2O6/c1-9(20)19(8-14(22)23)17(24)15-12(21)7-6-11-16(15)25-13-5-3-2-4-10(13)18-11/h2,4,11,15-16,18H,3,5-8H2,1H3,(H,22,23). The first-order valence-electron chi connectivity index (χ1n) is 8.28. The second kappa shape index (κ2) is 6.70. The molecule has 0 aromatic rings. The SMILES string of the molecule is CC(=O)N(CC(=O)O)C(=O)C1C(=O)CCC2NC3=C(CCC=C3)OC21. The zero-order valence-electron chi connectivity index (χ0n) is 13.9. The number of allylic oxidation sites excluding steroid dienone is 3. The highest BCUT2D eigenvalue weighted by atomic mass is 16.5. The van der Waals surface area contributed by atoms with Crippen molar-refractivity contribution in [3.8, 4) is 0 Å². The number of carbonyl (C=O) groups excluding carboxylic acids is 3. The van der Waals surface area contributed by atoms with Crippen molar-refractivity contribution in [1.82, 2.24) is 10.2 Å². The summed E-state index contributed by atoms with van der Waals surface area (Å²) in [5.41, 5.74) is 0.863. The molecule has 0 aromatic carbocycles. The minimum Gasteiger partial charge on any atom is -0.489 e. The molecule has 8 heteroatoms. The topological polar surface area (TPSA) is 113 Å². The maximum Gasteiger partial charge on any atom is 0.323 e. The summed E-state index contributed by atoms with van der Waals surface area (Å²) in [4.78, 5) is 48.5. The molecule has 0 aromatic heterocycles. The predicted octanol–water partition coefficient (Wildman–Crippen LogP) is 0.344. The van der Waals surface area contributed by atoms with Crippen LogP contribution in [0.2, 0.25) is 0 Å². The number of imide groups is 1. The van der Waals surface area contributed by atoms with Gasteiger partial charge < -0.3 is 15.2 Å². The van der Waals surface area contributed by atoms with Crippen LogP contribution in [-0.2, 0) is 23.9 Å². The van der Waals surface area contributed by atoms with Crippen molar-refractivity contribution < 1.29 is 29.0 Å². The Bertz CT molecular complexity index is 695. The van der Waals surface area contributed by atoms with Crippen molar-refractivity contribution >= 4 is 23.6 Å². The van der Waals surface area contributed by atoms with Gasteiger partial charge in [-0.3, -0.25) is 24.1 Å². The number of carboxylic acid groups (broad SMARTS) is 1. The lowest BCUT2D eigenvalue weighted by molar-refractivity contribution is -0.160. The Balaban J connectivity index is 1.88. The van der Waals surface area contributed by atoms with Crippen LogP contribution in [0, 0.1) is 5.92 Å². The number of fused-ring (bicyclic) bond motifs is 1. The molecule has 1 fully saturated rings. The summed E-state index contributed by atoms with van der Waals surface area (Å²) in [5.74, 6) is -3.61. The van der Waals surface area contributed by atoms with Gasteiger partial charge in [0, 0.05) is 19.8 Å². The number of Topliss-reactive ketones (excluding diaryl/α,β-unsaturated/α-hetero) is 1. The number of nitrogens with one attached hydrogen (secondary N) is 1. The monoisotopic (exact) mass is 348 g/mol. The van der Waals surface area contributed by atoms with E-state index in [1.54, 1.807) is 0 Å². The molecule has 2 N–H and O–H groups in total. The second-order valence-electron chi connectivity index (χ2n) is 6.43. The normalized spacial score (nSPS) is 27.6. The number of rotatable bonds is 3. The third-order valence-electron chi connectivity index (χ3n) is 4.72. The largest absolute Gasteiger partial charge is 0.489 e. The van der Waals surface area contributed by atoms with Crippen LogP contribution in [0.5, 0.6) is 0 Å². The zero-order valence-corrected chi connectivity index (χ0v) is 13.9. The molecule has 2 amide bonds. The fraction of sp³-hybridized carbons (Fsp3) is 0.529. The van der Waals surface area contributed by atoms with Gasteiger partial charge in [-0.2, -0.15) is 0 Å². The molecular weight excluding hydrogens is 328 g/mol. The Morgan fingerprint density at radius 3 is 2.80 bits per heavy atom. The Morgan fingerprint density at radius 2 is 2.12 bits per heavy atom. The predicted molar refractivity (Wildman–Crippen MR) is 85.0 cm³/mol. The lowest BCUT2D eigenvalue weighted by Crippen LogP contribution is -2.59. The van der Waals surface area contributed by atoms with E-state index >= 15 is 0 Å². The highest BCUT2D eigenvalue weighted by Crippen LogP contribution is 2.35. The number of aliphatic carboxylic acids is 1. The number of ketones is 1. The van der Waals surface area contributed by atoms with Gasteiger partial charge in [0.15, 0.2) is 0 Å². The van der Waals surface area contributed by atoms with E-state index in [-0.39, 0.29) is 18.2 Å². The smallest absolute Gasteiger partial charge is 0.323 e. The van der Waals surface area contributed by atoms with Crippen molar-refractivity contribution in [3.05, 3.63) is 23.6 Å². The molecule has 0 bridgehead atoms. The number of carboxylic acids is 1. The molecule has 3 rings (SSSR count). The fourth-order valence-corrected chi connectivity index (χ4v) is 3.52. The summed E-state index contributed by atoms with van der Waals surface area (Å²) in [6, 6.07) is -0.230. The van der Waals surface area contributed by atoms with E-state index < -0.39 is 36.4 Å². The Morgan fingerprint density at radius 1 is 1.36 bits per heavy atom. The van der Waals surface area contributed by atoms with Crippen molar-refractivity contribution in [2.45, 2.75) is 44.8 Å². The Kier molecular flexibility index (Phi) is 4.61. The minimum absolute atomic E-state index is 0.180. The molecule has 1 heterocycles. The quantitative estimate of drug-likeness (QED) is 0.707. The number of ether oxygens (including phenoxy) is 1. The first-order chi connectivity index (χ1) is 11.9. The molecule has 0 radical (unpaired) electrons. The number of amides is 2. The molecule has 1 saturated carbocycles. The van der Waals surface area contributed by atoms with Gasteiger partial charge in [-0.15, -0.1) is 0 Å². The third kappa shape index (κ3) is 3.29. The van der Waals surface area contributed by atoms with Gasteiger partial charge in [0.25, 0.3) is 0 Å². The number of nitrogens with zero attached hydrogens (tertiary/aromatic N) is 1. The molecule has 2 aliphatic carbocycles. The summed E-state index contributed by atoms with van der Waals surface area (Å²) in [7, 11) is 0. The number of hydrogen-bond donors (Lipinski definition) is 2. The van der Waals surface area contributed by atoms with Gasteiger partial charge in [-0.05, 0) is 18.9 Å². The van der Waals surface area contributed by atoms with Crippen LogP contribution in [0.3, 0.4) is 0 Å². The molecular formula is C17H20N2O6. The molecule has 1 aliphatic heterocycles. The van der Waals surface area contributed by atoms with Crippen LogP contribution in [0.25, 0.3) is 0 Å². The zero-order chi connectivity index (χ0) is 18.1. The molecule has 25 heavy (non-hydrogen) atoms. The van der Waals surface area contributed by atoms with Crippen LogP contribution in [0.1, 0.15) is 32.6 Å². The van der Waals surface area contributed by atoms with Crippen LogP contribution >= 0.6 is 0 Å². The Hall–Kier alpha value is -2.64. The fourth-order valence-electron chi connectivity index (χ4n) is 3.52. The first-order valence-corrected chi connectivity index (χ1v) is 8.28. The van der Waals surface area contributed by atoms with E-state index in [9.17, 15) is 19.2 Å². The van der Waals surface area contributed by atoms with Gasteiger partial charge in [-0.25, -0.2) is 0 Å². The van der Waals surface area contributed by atoms with Crippen LogP contribution in [0.15, 0.2) is 23.6 Å². The van der Waals surface area contributed by atoms with Crippen LogP contribution in [0.4, 0.5) is 0 Å². The van der Waals surface area contributed by atoms with Crippen LogP contribution in [-0.4, -0.2) is 52.3 Å². The molecule has 0 saturated heterocycles. The van der Waals surface area contributed by atoms with E-state index in [2.05, 4.69) is 5.32 Å². The van der Waals surface area contributed by atoms with E-state index in [1.807, 2.05) is 12.2 Å². The molecule has 8 nitrogen and oxygen atoms in total. The summed E-state index contributed by atoms with van der Waals surface area (Å²) in [6.45, 7) is 0.345. The molecule has 134 valence electrons. The summed E-state index contributed by atoms with van der Waals surface area (Å²) < 4.78 is 5.97. The van der Waals surface area contributed by atoms with Crippen molar-refractivity contribution in [3.63, 3.8) is 0 Å². The van der Waals surface area contributed by atoms with Crippen molar-refractivity contribution in [2.75, 3.05) is 6.54 Å². The van der Waals surface area contributed by atoms with Gasteiger partial charge in [0.2, 0.25) is 11.8 Å². The maximum atomic E-state index is 12.8. The van der Waals surface area contributed by atoms with Crippen molar-refractivity contribution in [2.24, 2.45) is 5.92 Å². The van der Waals surface area contributed by atoms with E-state index in [1.165, 1.54) is 0 Å². The Labute approximate surface area is 144 Å². The second-order valence-corrected chi connectivity index (χ2v) is 6.43. The highest BCUT2D eigenvalue weighted by molar-refractivity contribution is 6.08. The first kappa shape index (κ1) is 17.2. The highest BCUT2D eigenvalue weighted by Gasteiger charge is 2.49. The molecule has 0 spiro atoms. The summed E-state index contributed by atoms with van der Waals surface area (Å²) in [6.07, 6.45) is 5.40. The minimum atomic E-state index is -1.31. The van der Waals surface area contributed by atoms with Gasteiger partial charge in [-0.1, -0.05) is 6.08 Å². The third-order valence-corrected chi connectivity index (χ3v) is 4.72. The summed E-state index contributed by atoms with van der Waals surface area (Å²) in [5, 5.41) is 12.3. The van der Waals surface area contributed by atoms with Gasteiger partial charge >= 0.3 is 5.97 Å². The average molecular weight is 348 g/mol. The van der Waals surface area contributed by atoms with E-state index in [0.717, 1.165) is 19.0 Å². The molecule has 3 aliphatic rings. The lowest BCUT2D eigenvalue weighted by Gasteiger charge is -2.43. The number of hydrogen-bond acceptors (Lipinski definition) is 6. The number of carbonyl (C=O) groups is 4. The van der Waals surface area contributed by atoms with Gasteiger partial charge in [0.1, 0.15) is 30.1 Å². The van der Waals surface area contributed by atoms with E-state index in [4.69, 9.17) is 9.84 Å². The molecule has 3 atom stereocenters. The van der Waals surface area contributed by atoms with E-state index in [0.29, 0.717) is 23.5 Å². The average Bonchev–Trinajstić information content (AvgIpc) is 2.57. The maximum absolute atomic E-state index is 12.8. The van der Waals surface area contributed by atoms with Gasteiger partial charge in [0.05, 0.1) is 11.7 Å². The van der Waals surface area contributed by atoms with Crippen molar-refractivity contribution in [1.29, 1.82) is 0 Å². The van der Waals surface area contributed by atoms with Crippen LogP contribution < -0.4 is 5.32 Å². The lowest BCUT2D eigenvalue weighted by atomic mass is 9.79.